The highest BCUT2D eigenvalue weighted by Gasteiger charge is 2.41. The summed E-state index contributed by atoms with van der Waals surface area (Å²) in [4.78, 5) is 21.4. The summed E-state index contributed by atoms with van der Waals surface area (Å²) >= 11 is 0. The summed E-state index contributed by atoms with van der Waals surface area (Å²) in [6.07, 6.45) is -8.84. The molecule has 0 spiro atoms. The fourth-order valence-corrected chi connectivity index (χ4v) is 6.45. The Bertz CT molecular complexity index is 1700. The van der Waals surface area contributed by atoms with Gasteiger partial charge < -0.3 is 9.80 Å². The van der Waals surface area contributed by atoms with Crippen molar-refractivity contribution in [2.24, 2.45) is 0 Å². The van der Waals surface area contributed by atoms with Gasteiger partial charge in [-0.15, -0.1) is 0 Å². The quantitative estimate of drug-likeness (QED) is 0.263. The Morgan fingerprint density at radius 2 is 1.41 bits per heavy atom. The molecule has 1 aliphatic heterocycles. The Labute approximate surface area is 262 Å². The van der Waals surface area contributed by atoms with E-state index in [4.69, 9.17) is 0 Å². The first-order chi connectivity index (χ1) is 21.2. The lowest BCUT2D eigenvalue weighted by Crippen LogP contribution is -2.49. The summed E-state index contributed by atoms with van der Waals surface area (Å²) in [5.74, 6) is -0.943. The molecular formula is C31H33F7N4O3S. The Morgan fingerprint density at radius 1 is 0.870 bits per heavy atom. The molecule has 0 atom stereocenters. The second kappa shape index (κ2) is 12.5. The Hall–Kier alpha value is -3.72. The first-order valence-electron chi connectivity index (χ1n) is 14.2. The third kappa shape index (κ3) is 7.14. The summed E-state index contributed by atoms with van der Waals surface area (Å²) in [5, 5.41) is 0. The van der Waals surface area contributed by atoms with E-state index in [9.17, 15) is 43.9 Å². The first-order valence-corrected chi connectivity index (χ1v) is 15.8. The lowest BCUT2D eigenvalue weighted by Gasteiger charge is -2.35. The monoisotopic (exact) mass is 674 g/mol. The zero-order valence-corrected chi connectivity index (χ0v) is 26.5. The van der Waals surface area contributed by atoms with E-state index in [1.807, 2.05) is 4.90 Å². The molecule has 2 heterocycles. The van der Waals surface area contributed by atoms with Gasteiger partial charge in [0, 0.05) is 38.8 Å². The minimum atomic E-state index is -5.10. The molecule has 4 rings (SSSR count). The molecular weight excluding hydrogens is 641 g/mol. The molecule has 15 heteroatoms. The van der Waals surface area contributed by atoms with Gasteiger partial charge in [-0.25, -0.2) is 17.8 Å². The van der Waals surface area contributed by atoms with Crippen LogP contribution in [0.4, 0.5) is 42.2 Å². The smallest absolute Gasteiger partial charge is 0.354 e. The number of rotatable bonds is 7. The number of anilines is 2. The summed E-state index contributed by atoms with van der Waals surface area (Å²) in [6, 6.07) is 6.70. The van der Waals surface area contributed by atoms with Crippen LogP contribution in [-0.4, -0.2) is 62.6 Å². The number of amides is 1. The van der Waals surface area contributed by atoms with Crippen LogP contribution in [0, 0.1) is 12.7 Å². The molecule has 1 saturated heterocycles. The van der Waals surface area contributed by atoms with Crippen LogP contribution in [0.15, 0.2) is 48.7 Å². The second-order valence-corrected chi connectivity index (χ2v) is 13.8. The van der Waals surface area contributed by atoms with E-state index in [2.05, 4.69) is 4.98 Å². The maximum absolute atomic E-state index is 14.1. The third-order valence-corrected chi connectivity index (χ3v) is 10.1. The van der Waals surface area contributed by atoms with Gasteiger partial charge in [0.15, 0.2) is 0 Å². The molecule has 7 nitrogen and oxygen atoms in total. The normalized spacial score (nSPS) is 15.3. The number of pyridine rings is 1. The lowest BCUT2D eigenvalue weighted by molar-refractivity contribution is -0.143. The summed E-state index contributed by atoms with van der Waals surface area (Å²) in [6.45, 7) is 6.72. The van der Waals surface area contributed by atoms with Crippen molar-refractivity contribution in [2.45, 2.75) is 45.5 Å². The molecule has 1 fully saturated rings. The topological polar surface area (TPSA) is 73.8 Å². The highest BCUT2D eigenvalue weighted by Crippen LogP contribution is 2.41. The molecule has 250 valence electrons. The number of benzene rings is 2. The Balaban J connectivity index is 1.78. The molecule has 0 radical (unpaired) electrons. The maximum Gasteiger partial charge on any atom is 0.416 e. The van der Waals surface area contributed by atoms with Crippen molar-refractivity contribution in [1.82, 2.24) is 9.29 Å². The average Bonchev–Trinajstić information content (AvgIpc) is 2.99. The van der Waals surface area contributed by atoms with Crippen molar-refractivity contribution in [1.29, 1.82) is 0 Å². The van der Waals surface area contributed by atoms with Gasteiger partial charge in [0.2, 0.25) is 15.9 Å². The molecule has 0 aliphatic carbocycles. The highest BCUT2D eigenvalue weighted by molar-refractivity contribution is 7.89. The summed E-state index contributed by atoms with van der Waals surface area (Å²) < 4.78 is 122. The van der Waals surface area contributed by atoms with Gasteiger partial charge in [-0.1, -0.05) is 6.07 Å². The Kier molecular flexibility index (Phi) is 9.53. The largest absolute Gasteiger partial charge is 0.416 e. The lowest BCUT2D eigenvalue weighted by atomic mass is 9.81. The number of hydrogen-bond donors (Lipinski definition) is 0. The van der Waals surface area contributed by atoms with Crippen LogP contribution in [0.1, 0.15) is 43.0 Å². The number of aromatic nitrogens is 1. The van der Waals surface area contributed by atoms with E-state index < -0.39 is 56.2 Å². The van der Waals surface area contributed by atoms with Crippen LogP contribution >= 0.6 is 0 Å². The number of carbonyl (C=O) groups excluding carboxylic acids is 1. The van der Waals surface area contributed by atoms with Crippen molar-refractivity contribution in [2.75, 3.05) is 48.8 Å². The molecule has 1 aromatic heterocycles. The van der Waals surface area contributed by atoms with E-state index in [0.29, 0.717) is 47.7 Å². The average molecular weight is 675 g/mol. The van der Waals surface area contributed by atoms with Crippen LogP contribution < -0.4 is 9.80 Å². The van der Waals surface area contributed by atoms with E-state index in [1.165, 1.54) is 49.6 Å². The number of sulfonamides is 1. The van der Waals surface area contributed by atoms with E-state index in [0.717, 1.165) is 4.90 Å². The van der Waals surface area contributed by atoms with Gasteiger partial charge in [-0.3, -0.25) is 4.79 Å². The molecule has 0 N–H and O–H groups in total. The number of carbonyl (C=O) groups is 1. The molecule has 3 aromatic rings. The fourth-order valence-electron chi connectivity index (χ4n) is 5.37. The summed E-state index contributed by atoms with van der Waals surface area (Å²) in [5.41, 5.74) is -3.87. The molecule has 0 saturated carbocycles. The number of hydrogen-bond acceptors (Lipinski definition) is 5. The van der Waals surface area contributed by atoms with Crippen LogP contribution in [0.5, 0.6) is 0 Å². The SMILES string of the molecule is CCS(=O)(=O)N1CCN(c2cc(-c3ccc(F)cc3C)c(N(C)C(=O)C(C)(C)c3cc(C(F)(F)F)cc(C(F)(F)F)c3)cn2)CC1. The van der Waals surface area contributed by atoms with Crippen LogP contribution in [0.2, 0.25) is 0 Å². The van der Waals surface area contributed by atoms with Crippen molar-refractivity contribution in [3.05, 3.63) is 76.7 Å². The second-order valence-electron chi connectivity index (χ2n) is 11.6. The van der Waals surface area contributed by atoms with E-state index in [1.54, 1.807) is 19.9 Å². The predicted octanol–water partition coefficient (Wildman–Crippen LogP) is 6.65. The number of likely N-dealkylation sites (N-methyl/N-ethyl adjacent to an activating group) is 1. The minimum Gasteiger partial charge on any atom is -0.354 e. The van der Waals surface area contributed by atoms with Gasteiger partial charge in [0.25, 0.3) is 0 Å². The van der Waals surface area contributed by atoms with Crippen molar-refractivity contribution < 1.29 is 43.9 Å². The van der Waals surface area contributed by atoms with Crippen molar-refractivity contribution in [3.63, 3.8) is 0 Å². The predicted molar refractivity (Wildman–Crippen MR) is 160 cm³/mol. The minimum absolute atomic E-state index is 0.00329. The van der Waals surface area contributed by atoms with E-state index in [-0.39, 0.29) is 30.6 Å². The van der Waals surface area contributed by atoms with Gasteiger partial charge in [0.1, 0.15) is 11.6 Å². The zero-order chi connectivity index (χ0) is 34.4. The van der Waals surface area contributed by atoms with E-state index >= 15 is 0 Å². The Morgan fingerprint density at radius 3 is 1.91 bits per heavy atom. The van der Waals surface area contributed by atoms with Gasteiger partial charge in [0.05, 0.1) is 34.2 Å². The molecule has 2 aromatic carbocycles. The number of aryl methyl sites for hydroxylation is 1. The highest BCUT2D eigenvalue weighted by atomic mass is 32.2. The standard InChI is InChI=1S/C31H33F7N4O3S/c1-6-46(44,45)42-11-9-41(10-12-42)27-17-25(24-8-7-23(32)13-19(24)2)26(18-39-27)40(5)28(43)29(3,4)20-14-21(30(33,34)35)16-22(15-20)31(36,37)38/h7-8,13-18H,6,9-12H2,1-5H3. The number of halogens is 7. The number of nitrogens with zero attached hydrogens (tertiary/aromatic N) is 4. The maximum atomic E-state index is 14.1. The first kappa shape index (κ1) is 35.1. The van der Waals surface area contributed by atoms with Gasteiger partial charge in [-0.05, 0) is 80.8 Å². The number of piperazine rings is 1. The van der Waals surface area contributed by atoms with Crippen molar-refractivity contribution >= 4 is 27.4 Å². The number of alkyl halides is 6. The molecule has 0 unspecified atom stereocenters. The third-order valence-electron chi connectivity index (χ3n) is 8.18. The molecule has 0 bridgehead atoms. The van der Waals surface area contributed by atoms with Crippen molar-refractivity contribution in [3.8, 4) is 11.1 Å². The zero-order valence-electron chi connectivity index (χ0n) is 25.7. The van der Waals surface area contributed by atoms with Gasteiger partial charge >= 0.3 is 12.4 Å². The molecule has 46 heavy (non-hydrogen) atoms. The fraction of sp³-hybridized carbons (Fsp3) is 0.419. The molecule has 1 amide bonds. The summed E-state index contributed by atoms with van der Waals surface area (Å²) in [7, 11) is -2.06. The van der Waals surface area contributed by atoms with Gasteiger partial charge in [-0.2, -0.15) is 30.6 Å². The molecule has 1 aliphatic rings. The van der Waals surface area contributed by atoms with Crippen LogP contribution in [0.3, 0.4) is 0 Å². The van der Waals surface area contributed by atoms with Crippen LogP contribution in [-0.2, 0) is 32.6 Å². The van der Waals surface area contributed by atoms with Crippen LogP contribution in [0.25, 0.3) is 11.1 Å².